The number of aliphatic hydroxyl groups excluding tert-OH is 1. The van der Waals surface area contributed by atoms with E-state index in [1.165, 1.54) is 0 Å². The van der Waals surface area contributed by atoms with E-state index in [1.54, 1.807) is 22.9 Å². The van der Waals surface area contributed by atoms with Crippen LogP contribution in [0, 0.1) is 11.8 Å². The molecule has 0 aliphatic carbocycles. The van der Waals surface area contributed by atoms with Gasteiger partial charge in [-0.25, -0.2) is 0 Å². The summed E-state index contributed by atoms with van der Waals surface area (Å²) in [7, 11) is -3.51. The second-order valence-electron chi connectivity index (χ2n) is 15.1. The molecular formula is C39H46BrFN4O5Si. The van der Waals surface area contributed by atoms with E-state index in [2.05, 4.69) is 26.6 Å². The molecule has 6 atom stereocenters. The van der Waals surface area contributed by atoms with Crippen molar-refractivity contribution in [3.05, 3.63) is 93.5 Å². The summed E-state index contributed by atoms with van der Waals surface area (Å²) in [6.07, 6.45) is 1.41. The van der Waals surface area contributed by atoms with Crippen LogP contribution in [0.1, 0.15) is 48.4 Å². The lowest BCUT2D eigenvalue weighted by atomic mass is 9.82. The molecule has 12 heteroatoms. The summed E-state index contributed by atoms with van der Waals surface area (Å²) in [4.78, 5) is 45.4. The number of benzene rings is 3. The van der Waals surface area contributed by atoms with Gasteiger partial charge in [-0.15, -0.1) is 0 Å². The first-order valence-electron chi connectivity index (χ1n) is 18.0. The summed E-state index contributed by atoms with van der Waals surface area (Å²) >= 11 is 3.60. The summed E-state index contributed by atoms with van der Waals surface area (Å²) in [5, 5.41) is 16.6. The number of fused-ring (bicyclic) bond motifs is 3. The maximum absolute atomic E-state index is 16.5. The number of ether oxygens (including phenoxy) is 1. The van der Waals surface area contributed by atoms with Gasteiger partial charge >= 0.3 is 0 Å². The largest absolute Gasteiger partial charge is 0.394 e. The zero-order chi connectivity index (χ0) is 36.1. The summed E-state index contributed by atoms with van der Waals surface area (Å²) in [5.74, 6) is -1.18. The van der Waals surface area contributed by atoms with Gasteiger partial charge < -0.3 is 34.4 Å². The smallest absolute Gasteiger partial charge is 0.264 e. The van der Waals surface area contributed by atoms with Crippen molar-refractivity contribution < 1.29 is 28.3 Å². The number of aliphatic hydroxyl groups is 1. The second-order valence-corrected chi connectivity index (χ2v) is 19.8. The maximum atomic E-state index is 16.5. The first kappa shape index (κ1) is 36.0. The van der Waals surface area contributed by atoms with Crippen LogP contribution >= 0.6 is 15.9 Å². The minimum absolute atomic E-state index is 0.0253. The van der Waals surface area contributed by atoms with E-state index in [0.29, 0.717) is 36.4 Å². The fourth-order valence-electron chi connectivity index (χ4n) is 8.96. The molecule has 0 radical (unpaired) electrons. The van der Waals surface area contributed by atoms with Gasteiger partial charge in [0.2, 0.25) is 20.2 Å². The molecule has 270 valence electrons. The lowest BCUT2D eigenvalue weighted by Crippen LogP contribution is -2.48. The lowest BCUT2D eigenvalue weighted by molar-refractivity contribution is -0.151. The van der Waals surface area contributed by atoms with Crippen LogP contribution in [0.25, 0.3) is 0 Å². The molecule has 3 amide bonds. The van der Waals surface area contributed by atoms with Gasteiger partial charge in [-0.2, -0.15) is 0 Å². The number of carbonyl (C=O) groups excluding carboxylic acids is 3. The molecule has 4 aliphatic rings. The van der Waals surface area contributed by atoms with Crippen molar-refractivity contribution in [1.82, 2.24) is 10.2 Å². The van der Waals surface area contributed by atoms with Crippen molar-refractivity contribution in [2.24, 2.45) is 11.8 Å². The summed E-state index contributed by atoms with van der Waals surface area (Å²) in [6, 6.07) is 20.7. The highest BCUT2D eigenvalue weighted by Crippen LogP contribution is 2.60. The van der Waals surface area contributed by atoms with E-state index in [1.807, 2.05) is 73.7 Å². The van der Waals surface area contributed by atoms with Gasteiger partial charge in [-0.3, -0.25) is 14.4 Å². The van der Waals surface area contributed by atoms with E-state index in [-0.39, 0.29) is 43.2 Å². The standard InChI is InChI=1S/C39H46BrFN4O5Si/c1-24-36(51(2,3)41)34(19-35(47)44-22-28-10-5-4-9-26(28)17-31(44)23-46)50-39(24)32-18-29(40)13-14-33(32)45(38(39)49)21-25-8-6-12-30(16-25)43-37(48)27-11-7-15-42-20-27/h4-6,8-10,12-14,16,18,24,27,31,34,36,42,46H,7,11,15,17,19-23H2,1-3H3,(H,43,48)/t24-,27?,31+,34+,36-,39+/m1/s1. The number of hydrogen-bond acceptors (Lipinski definition) is 6. The number of halogens is 2. The van der Waals surface area contributed by atoms with E-state index in [4.69, 9.17) is 4.74 Å². The third kappa shape index (κ3) is 6.69. The molecule has 0 bridgehead atoms. The molecule has 0 aromatic heterocycles. The average molecular weight is 778 g/mol. The molecule has 4 heterocycles. The van der Waals surface area contributed by atoms with Crippen LogP contribution in [0.15, 0.2) is 71.2 Å². The topological polar surface area (TPSA) is 111 Å². The highest BCUT2D eigenvalue weighted by Gasteiger charge is 2.67. The molecule has 2 fully saturated rings. The second kappa shape index (κ2) is 14.2. The van der Waals surface area contributed by atoms with Crippen molar-refractivity contribution in [3.63, 3.8) is 0 Å². The van der Waals surface area contributed by atoms with Gasteiger partial charge in [-0.05, 0) is 85.9 Å². The molecule has 0 saturated carbocycles. The normalized spacial score (nSPS) is 27.4. The van der Waals surface area contributed by atoms with E-state index in [0.717, 1.165) is 40.5 Å². The van der Waals surface area contributed by atoms with E-state index in [9.17, 15) is 19.5 Å². The molecule has 3 N–H and O–H groups in total. The molecule has 3 aromatic carbocycles. The quantitative estimate of drug-likeness (QED) is 0.190. The monoisotopic (exact) mass is 776 g/mol. The molecule has 2 saturated heterocycles. The SMILES string of the molecule is C[C@@H]1[C@@H]([Si](C)(C)F)[C@H](CC(=O)N2Cc3ccccc3C[C@H]2CO)O[C@@]12C(=O)N(Cc1cccc(NC(=O)C3CCCNC3)c1)c1ccc(Br)cc12. The van der Waals surface area contributed by atoms with Gasteiger partial charge in [0.1, 0.15) is 0 Å². The van der Waals surface area contributed by atoms with Crippen molar-refractivity contribution in [2.75, 3.05) is 29.9 Å². The van der Waals surface area contributed by atoms with Gasteiger partial charge in [0.15, 0.2) is 5.60 Å². The van der Waals surface area contributed by atoms with Crippen molar-refractivity contribution in [2.45, 2.75) is 82.1 Å². The first-order chi connectivity index (χ1) is 24.4. The van der Waals surface area contributed by atoms with Crippen LogP contribution in [-0.2, 0) is 44.2 Å². The van der Waals surface area contributed by atoms with Crippen molar-refractivity contribution >= 4 is 53.4 Å². The van der Waals surface area contributed by atoms with E-state index < -0.39 is 37.6 Å². The molecule has 7 rings (SSSR count). The van der Waals surface area contributed by atoms with Crippen molar-refractivity contribution in [3.8, 4) is 0 Å². The Morgan fingerprint density at radius 1 is 1.12 bits per heavy atom. The van der Waals surface area contributed by atoms with Crippen LogP contribution in [0.3, 0.4) is 0 Å². The van der Waals surface area contributed by atoms with Crippen LogP contribution in [0.2, 0.25) is 18.6 Å². The summed E-state index contributed by atoms with van der Waals surface area (Å²) in [5.41, 5.74) is 2.81. The Balaban J connectivity index is 1.17. The Hall–Kier alpha value is -3.42. The number of amides is 3. The molecule has 3 aromatic rings. The third-order valence-corrected chi connectivity index (χ3v) is 14.3. The predicted octanol–water partition coefficient (Wildman–Crippen LogP) is 6.04. The minimum Gasteiger partial charge on any atom is -0.394 e. The Morgan fingerprint density at radius 3 is 2.63 bits per heavy atom. The van der Waals surface area contributed by atoms with Gasteiger partial charge in [0.25, 0.3) is 5.91 Å². The third-order valence-electron chi connectivity index (χ3n) is 11.4. The maximum Gasteiger partial charge on any atom is 0.264 e. The zero-order valence-corrected chi connectivity index (χ0v) is 31.9. The van der Waals surface area contributed by atoms with Crippen molar-refractivity contribution in [1.29, 1.82) is 0 Å². The van der Waals surface area contributed by atoms with Crippen LogP contribution in [0.5, 0.6) is 0 Å². The fraction of sp³-hybridized carbons (Fsp3) is 0.462. The molecule has 4 aliphatic heterocycles. The predicted molar refractivity (Wildman–Crippen MR) is 200 cm³/mol. The summed E-state index contributed by atoms with van der Waals surface area (Å²) < 4.78 is 24.1. The number of piperidine rings is 1. The molecule has 9 nitrogen and oxygen atoms in total. The molecular weight excluding hydrogens is 731 g/mol. The molecule has 1 unspecified atom stereocenters. The number of carbonyl (C=O) groups is 3. The first-order valence-corrected chi connectivity index (χ1v) is 21.7. The Kier molecular flexibility index (Phi) is 10.0. The average Bonchev–Trinajstić information content (AvgIpc) is 3.53. The number of rotatable bonds is 8. The fourth-order valence-corrected chi connectivity index (χ4v) is 11.8. The number of nitrogens with zero attached hydrogens (tertiary/aromatic N) is 2. The minimum atomic E-state index is -3.51. The Labute approximate surface area is 308 Å². The summed E-state index contributed by atoms with van der Waals surface area (Å²) in [6.45, 7) is 7.11. The highest BCUT2D eigenvalue weighted by molar-refractivity contribution is 9.10. The van der Waals surface area contributed by atoms with Crippen LogP contribution < -0.4 is 15.5 Å². The number of nitrogens with one attached hydrogen (secondary N) is 2. The van der Waals surface area contributed by atoms with E-state index >= 15 is 4.11 Å². The molecule has 1 spiro atoms. The molecule has 51 heavy (non-hydrogen) atoms. The van der Waals surface area contributed by atoms with Gasteiger partial charge in [-0.1, -0.05) is 59.3 Å². The zero-order valence-electron chi connectivity index (χ0n) is 29.3. The number of anilines is 2. The number of hydrogen-bond donors (Lipinski definition) is 3. The lowest BCUT2D eigenvalue weighted by Gasteiger charge is -2.37. The van der Waals surface area contributed by atoms with Crippen LogP contribution in [0.4, 0.5) is 15.5 Å². The highest BCUT2D eigenvalue weighted by atomic mass is 79.9. The van der Waals surface area contributed by atoms with Crippen LogP contribution in [-0.4, -0.2) is 68.0 Å². The van der Waals surface area contributed by atoms with Gasteiger partial charge in [0, 0.05) is 40.3 Å². The van der Waals surface area contributed by atoms with Gasteiger partial charge in [0.05, 0.1) is 43.3 Å². The Bertz CT molecular complexity index is 1830. The Morgan fingerprint density at radius 2 is 1.90 bits per heavy atom.